The van der Waals surface area contributed by atoms with Gasteiger partial charge in [-0.15, -0.1) is 0 Å². The van der Waals surface area contributed by atoms with Crippen molar-refractivity contribution >= 4 is 15.9 Å². The number of likely N-dealkylation sites (tertiary alicyclic amines) is 1. The molecule has 0 aliphatic carbocycles. The molecule has 2 aromatic carbocycles. The number of nitrogens with zero attached hydrogens (tertiary/aromatic N) is 2. The Hall–Kier alpha value is -2.38. The van der Waals surface area contributed by atoms with Crippen LogP contribution in [0, 0.1) is 13.8 Å². The van der Waals surface area contributed by atoms with E-state index >= 15 is 0 Å². The molecule has 156 valence electrons. The van der Waals surface area contributed by atoms with Crippen molar-refractivity contribution in [2.75, 3.05) is 27.7 Å². The molecule has 1 heterocycles. The molecule has 1 aliphatic rings. The fourth-order valence-electron chi connectivity index (χ4n) is 3.76. The summed E-state index contributed by atoms with van der Waals surface area (Å²) in [5.41, 5.74) is 2.93. The van der Waals surface area contributed by atoms with Crippen LogP contribution in [-0.4, -0.2) is 51.3 Å². The number of hydrogen-bond donors (Lipinski definition) is 0. The maximum atomic E-state index is 13.4. The van der Waals surface area contributed by atoms with Crippen molar-refractivity contribution in [3.63, 3.8) is 0 Å². The largest absolute Gasteiger partial charge is 0.497 e. The van der Waals surface area contributed by atoms with Gasteiger partial charge in [-0.3, -0.25) is 4.79 Å². The van der Waals surface area contributed by atoms with Crippen LogP contribution in [-0.2, 0) is 10.0 Å². The second kappa shape index (κ2) is 8.16. The third-order valence-corrected chi connectivity index (χ3v) is 7.58. The van der Waals surface area contributed by atoms with Gasteiger partial charge in [0.05, 0.1) is 18.0 Å². The van der Waals surface area contributed by atoms with E-state index in [1.54, 1.807) is 20.1 Å². The minimum absolute atomic E-state index is 0.0241. The molecule has 0 aromatic heterocycles. The summed E-state index contributed by atoms with van der Waals surface area (Å²) >= 11 is 0. The quantitative estimate of drug-likeness (QED) is 0.748. The van der Waals surface area contributed by atoms with Crippen LogP contribution in [0.15, 0.2) is 41.3 Å². The predicted molar refractivity (Wildman–Crippen MR) is 113 cm³/mol. The van der Waals surface area contributed by atoms with Crippen LogP contribution in [0.3, 0.4) is 0 Å². The number of carbonyl (C=O) groups is 1. The molecule has 1 atom stereocenters. The average Bonchev–Trinajstić information content (AvgIpc) is 3.19. The molecular formula is C22H28N2O4S. The van der Waals surface area contributed by atoms with Gasteiger partial charge in [0, 0.05) is 26.2 Å². The van der Waals surface area contributed by atoms with Crippen molar-refractivity contribution in [1.29, 1.82) is 0 Å². The van der Waals surface area contributed by atoms with E-state index in [0.29, 0.717) is 17.7 Å². The van der Waals surface area contributed by atoms with Gasteiger partial charge in [-0.2, -0.15) is 0 Å². The van der Waals surface area contributed by atoms with E-state index in [0.717, 1.165) is 29.7 Å². The highest BCUT2D eigenvalue weighted by Crippen LogP contribution is 2.34. The van der Waals surface area contributed by atoms with Gasteiger partial charge in [0.15, 0.2) is 0 Å². The molecule has 2 aromatic rings. The predicted octanol–water partition coefficient (Wildman–Crippen LogP) is 3.54. The minimum atomic E-state index is -3.63. The summed E-state index contributed by atoms with van der Waals surface area (Å²) in [6, 6.07) is 11.0. The van der Waals surface area contributed by atoms with Crippen molar-refractivity contribution < 1.29 is 17.9 Å². The summed E-state index contributed by atoms with van der Waals surface area (Å²) < 4.78 is 31.9. The van der Waals surface area contributed by atoms with Crippen molar-refractivity contribution in [1.82, 2.24) is 9.21 Å². The Kier molecular flexibility index (Phi) is 6.00. The second-order valence-electron chi connectivity index (χ2n) is 7.63. The molecule has 1 amide bonds. The Bertz CT molecular complexity index is 1010. The van der Waals surface area contributed by atoms with Gasteiger partial charge in [-0.1, -0.05) is 12.1 Å². The first-order valence-electron chi connectivity index (χ1n) is 9.65. The average molecular weight is 417 g/mol. The maximum Gasteiger partial charge on any atom is 0.254 e. The Labute approximate surface area is 173 Å². The molecule has 1 aliphatic heterocycles. The number of sulfonamides is 1. The first kappa shape index (κ1) is 21.3. The number of benzene rings is 2. The topological polar surface area (TPSA) is 66.9 Å². The Morgan fingerprint density at radius 3 is 2.38 bits per heavy atom. The van der Waals surface area contributed by atoms with Gasteiger partial charge >= 0.3 is 0 Å². The second-order valence-corrected chi connectivity index (χ2v) is 9.75. The molecule has 0 radical (unpaired) electrons. The fourth-order valence-corrected chi connectivity index (χ4v) is 4.98. The van der Waals surface area contributed by atoms with Gasteiger partial charge in [0.1, 0.15) is 5.75 Å². The van der Waals surface area contributed by atoms with Gasteiger partial charge < -0.3 is 9.64 Å². The lowest BCUT2D eigenvalue weighted by Crippen LogP contribution is -2.31. The van der Waals surface area contributed by atoms with E-state index in [9.17, 15) is 13.2 Å². The van der Waals surface area contributed by atoms with E-state index in [4.69, 9.17) is 4.74 Å². The Balaban J connectivity index is 1.98. The number of aryl methyl sites for hydroxylation is 1. The van der Waals surface area contributed by atoms with Gasteiger partial charge in [-0.25, -0.2) is 12.7 Å². The molecule has 3 rings (SSSR count). The molecule has 7 heteroatoms. The SMILES string of the molecule is COc1ccc([C@H]2CCCN2C(=O)c2cc(C)c(C)c(S(=O)(=O)N(C)C)c2)cc1. The fraction of sp³-hybridized carbons (Fsp3) is 0.409. The van der Waals surface area contributed by atoms with Gasteiger partial charge in [0.2, 0.25) is 10.0 Å². The van der Waals surface area contributed by atoms with E-state index in [1.807, 2.05) is 36.1 Å². The molecule has 0 bridgehead atoms. The molecule has 0 N–H and O–H groups in total. The number of methoxy groups -OCH3 is 1. The zero-order valence-corrected chi connectivity index (χ0v) is 18.4. The van der Waals surface area contributed by atoms with Crippen LogP contribution in [0.1, 0.15) is 45.9 Å². The number of ether oxygens (including phenoxy) is 1. The lowest BCUT2D eigenvalue weighted by molar-refractivity contribution is 0.0735. The third-order valence-electron chi connectivity index (χ3n) is 5.64. The lowest BCUT2D eigenvalue weighted by atomic mass is 10.0. The Morgan fingerprint density at radius 2 is 1.79 bits per heavy atom. The number of amides is 1. The molecule has 0 unspecified atom stereocenters. The summed E-state index contributed by atoms with van der Waals surface area (Å²) in [6.07, 6.45) is 1.79. The molecule has 0 spiro atoms. The van der Waals surface area contributed by atoms with Crippen molar-refractivity contribution in [3.8, 4) is 5.75 Å². The highest BCUT2D eigenvalue weighted by atomic mass is 32.2. The molecule has 0 saturated carbocycles. The summed E-state index contributed by atoms with van der Waals surface area (Å²) in [7, 11) is 0.988. The smallest absolute Gasteiger partial charge is 0.254 e. The van der Waals surface area contributed by atoms with Crippen LogP contribution in [0.4, 0.5) is 0 Å². The zero-order chi connectivity index (χ0) is 21.3. The lowest BCUT2D eigenvalue weighted by Gasteiger charge is -2.26. The summed E-state index contributed by atoms with van der Waals surface area (Å²) in [4.78, 5) is 15.4. The Morgan fingerprint density at radius 1 is 1.14 bits per heavy atom. The monoisotopic (exact) mass is 416 g/mol. The van der Waals surface area contributed by atoms with Crippen LogP contribution in [0.2, 0.25) is 0 Å². The van der Waals surface area contributed by atoms with E-state index in [2.05, 4.69) is 0 Å². The van der Waals surface area contributed by atoms with Crippen LogP contribution in [0.25, 0.3) is 0 Å². The normalized spacial score (nSPS) is 17.0. The van der Waals surface area contributed by atoms with Gasteiger partial charge in [-0.05, 0) is 67.6 Å². The number of rotatable bonds is 5. The molecule has 1 saturated heterocycles. The minimum Gasteiger partial charge on any atom is -0.497 e. The molecular weight excluding hydrogens is 388 g/mol. The molecule has 1 fully saturated rings. The van der Waals surface area contributed by atoms with Crippen molar-refractivity contribution in [2.45, 2.75) is 37.6 Å². The standard InChI is InChI=1S/C22H28N2O4S/c1-15-13-18(14-21(16(15)2)29(26,27)23(3)4)22(25)24-12-6-7-20(24)17-8-10-19(28-5)11-9-17/h8-11,13-14,20H,6-7,12H2,1-5H3/t20-/m1/s1. The van der Waals surface area contributed by atoms with Crippen LogP contribution in [0.5, 0.6) is 5.75 Å². The van der Waals surface area contributed by atoms with E-state index < -0.39 is 10.0 Å². The maximum absolute atomic E-state index is 13.4. The third kappa shape index (κ3) is 4.02. The van der Waals surface area contributed by atoms with Crippen LogP contribution < -0.4 is 4.74 Å². The highest BCUT2D eigenvalue weighted by molar-refractivity contribution is 7.89. The summed E-state index contributed by atoms with van der Waals surface area (Å²) in [6.45, 7) is 4.26. The van der Waals surface area contributed by atoms with Crippen LogP contribution >= 0.6 is 0 Å². The van der Waals surface area contributed by atoms with E-state index in [-0.39, 0.29) is 16.8 Å². The molecule has 6 nitrogen and oxygen atoms in total. The van der Waals surface area contributed by atoms with Crippen molar-refractivity contribution in [2.24, 2.45) is 0 Å². The number of hydrogen-bond acceptors (Lipinski definition) is 4. The number of carbonyl (C=O) groups excluding carboxylic acids is 1. The first-order valence-corrected chi connectivity index (χ1v) is 11.1. The zero-order valence-electron chi connectivity index (χ0n) is 17.6. The summed E-state index contributed by atoms with van der Waals surface area (Å²) in [5.74, 6) is 0.638. The molecule has 29 heavy (non-hydrogen) atoms. The summed E-state index contributed by atoms with van der Waals surface area (Å²) in [5, 5.41) is 0. The van der Waals surface area contributed by atoms with Gasteiger partial charge in [0.25, 0.3) is 5.91 Å². The van der Waals surface area contributed by atoms with Crippen molar-refractivity contribution in [3.05, 3.63) is 58.7 Å². The highest BCUT2D eigenvalue weighted by Gasteiger charge is 2.32. The first-order chi connectivity index (χ1) is 13.7. The van der Waals surface area contributed by atoms with E-state index in [1.165, 1.54) is 24.5 Å².